The molecular formula is C31H28N4O5S2. The zero-order valence-electron chi connectivity index (χ0n) is 22.9. The molecule has 5 rings (SSSR count). The fraction of sp³-hybridized carbons (Fsp3) is 0.129. The van der Waals surface area contributed by atoms with Gasteiger partial charge in [-0.05, 0) is 72.6 Å². The lowest BCUT2D eigenvalue weighted by Crippen LogP contribution is -2.48. The van der Waals surface area contributed by atoms with Crippen molar-refractivity contribution >= 4 is 54.8 Å². The Morgan fingerprint density at radius 3 is 2.45 bits per heavy atom. The number of amides is 2. The van der Waals surface area contributed by atoms with Crippen molar-refractivity contribution in [1.82, 2.24) is 9.71 Å². The van der Waals surface area contributed by atoms with E-state index < -0.39 is 27.9 Å². The fourth-order valence-electron chi connectivity index (χ4n) is 4.39. The zero-order valence-corrected chi connectivity index (χ0v) is 24.5. The maximum atomic E-state index is 13.7. The predicted octanol–water partition coefficient (Wildman–Crippen LogP) is 5.11. The Morgan fingerprint density at radius 2 is 1.71 bits per heavy atom. The highest BCUT2D eigenvalue weighted by Crippen LogP contribution is 2.23. The molecule has 5 aromatic rings. The van der Waals surface area contributed by atoms with Gasteiger partial charge in [-0.2, -0.15) is 4.72 Å². The maximum absolute atomic E-state index is 13.7. The van der Waals surface area contributed by atoms with Crippen molar-refractivity contribution in [3.8, 4) is 5.75 Å². The first-order valence-corrected chi connectivity index (χ1v) is 15.3. The van der Waals surface area contributed by atoms with E-state index in [4.69, 9.17) is 4.74 Å². The van der Waals surface area contributed by atoms with Gasteiger partial charge in [0.2, 0.25) is 15.9 Å². The van der Waals surface area contributed by atoms with Crippen LogP contribution in [0.5, 0.6) is 5.75 Å². The molecule has 0 unspecified atom stereocenters. The molecule has 1 aromatic heterocycles. The molecule has 0 spiro atoms. The van der Waals surface area contributed by atoms with Crippen molar-refractivity contribution in [2.75, 3.05) is 24.4 Å². The smallest absolute Gasteiger partial charge is 0.255 e. The van der Waals surface area contributed by atoms with Gasteiger partial charge >= 0.3 is 0 Å². The van der Waals surface area contributed by atoms with Crippen LogP contribution in [0.25, 0.3) is 10.2 Å². The van der Waals surface area contributed by atoms with Crippen LogP contribution in [0.3, 0.4) is 0 Å². The number of hydrogen-bond acceptors (Lipinski definition) is 7. The minimum Gasteiger partial charge on any atom is -0.497 e. The van der Waals surface area contributed by atoms with Crippen molar-refractivity contribution in [2.24, 2.45) is 0 Å². The fourth-order valence-corrected chi connectivity index (χ4v) is 6.34. The third-order valence-electron chi connectivity index (χ3n) is 6.66. The number of hydrogen-bond donors (Lipinski definition) is 2. The summed E-state index contributed by atoms with van der Waals surface area (Å²) in [6.07, 6.45) is 0.125. The maximum Gasteiger partial charge on any atom is 0.255 e. The third-order valence-corrected chi connectivity index (χ3v) is 8.93. The first kappa shape index (κ1) is 28.9. The van der Waals surface area contributed by atoms with Gasteiger partial charge in [0.1, 0.15) is 11.8 Å². The Labute approximate surface area is 247 Å². The molecule has 0 saturated heterocycles. The largest absolute Gasteiger partial charge is 0.497 e. The second-order valence-corrected chi connectivity index (χ2v) is 12.1. The molecule has 0 fully saturated rings. The molecule has 4 aromatic carbocycles. The summed E-state index contributed by atoms with van der Waals surface area (Å²) in [5.74, 6) is -0.277. The summed E-state index contributed by atoms with van der Waals surface area (Å²) in [7, 11) is -1.07. The summed E-state index contributed by atoms with van der Waals surface area (Å²) in [5.41, 5.74) is 4.64. The number of ether oxygens (including phenoxy) is 1. The predicted molar refractivity (Wildman–Crippen MR) is 165 cm³/mol. The van der Waals surface area contributed by atoms with Gasteiger partial charge in [0.15, 0.2) is 0 Å². The van der Waals surface area contributed by atoms with E-state index in [9.17, 15) is 18.0 Å². The summed E-state index contributed by atoms with van der Waals surface area (Å²) < 4.78 is 35.9. The van der Waals surface area contributed by atoms with E-state index in [0.29, 0.717) is 17.1 Å². The number of anilines is 2. The van der Waals surface area contributed by atoms with E-state index in [-0.39, 0.29) is 16.9 Å². The summed E-state index contributed by atoms with van der Waals surface area (Å²) in [6.45, 7) is 0. The van der Waals surface area contributed by atoms with Crippen LogP contribution in [0.4, 0.5) is 11.4 Å². The molecule has 0 bridgehead atoms. The standard InChI is InChI=1S/C31H28N4O5S2/c1-35(24-12-14-25(40-2)15-13-24)31(37)28(17-21-7-4-3-5-8-21)34-42(38,39)26-10-6-9-22(18-26)30(36)33-23-11-16-27-29(19-23)41-20-32-27/h3-16,18-20,28,34H,17H2,1-2H3,(H,33,36)/t28-/m0/s1. The number of thiazole rings is 1. The zero-order chi connectivity index (χ0) is 29.7. The number of benzene rings is 4. The van der Waals surface area contributed by atoms with Crippen LogP contribution in [0.15, 0.2) is 107 Å². The van der Waals surface area contributed by atoms with E-state index in [1.165, 1.54) is 40.5 Å². The molecule has 1 heterocycles. The highest BCUT2D eigenvalue weighted by atomic mass is 32.2. The molecule has 214 valence electrons. The van der Waals surface area contributed by atoms with E-state index in [0.717, 1.165) is 15.8 Å². The molecule has 9 nitrogen and oxygen atoms in total. The van der Waals surface area contributed by atoms with Gasteiger partial charge in [-0.3, -0.25) is 9.59 Å². The number of carbonyl (C=O) groups is 2. The van der Waals surface area contributed by atoms with Gasteiger partial charge in [-0.15, -0.1) is 11.3 Å². The van der Waals surface area contributed by atoms with Crippen molar-refractivity contribution in [2.45, 2.75) is 17.4 Å². The molecular weight excluding hydrogens is 572 g/mol. The number of rotatable bonds is 10. The van der Waals surface area contributed by atoms with E-state index >= 15 is 0 Å². The number of fused-ring (bicyclic) bond motifs is 1. The molecule has 2 N–H and O–H groups in total. The summed E-state index contributed by atoms with van der Waals surface area (Å²) in [5, 5.41) is 2.81. The van der Waals surface area contributed by atoms with Crippen LogP contribution < -0.4 is 19.7 Å². The molecule has 0 saturated carbocycles. The molecule has 2 amide bonds. The van der Waals surface area contributed by atoms with Gasteiger partial charge < -0.3 is 15.0 Å². The average Bonchev–Trinajstić information content (AvgIpc) is 3.48. The lowest BCUT2D eigenvalue weighted by molar-refractivity contribution is -0.119. The molecule has 11 heteroatoms. The van der Waals surface area contributed by atoms with Gasteiger partial charge in [-0.25, -0.2) is 13.4 Å². The minimum atomic E-state index is -4.21. The second kappa shape index (κ2) is 12.5. The number of sulfonamides is 1. The Morgan fingerprint density at radius 1 is 0.952 bits per heavy atom. The third kappa shape index (κ3) is 6.65. The molecule has 0 aliphatic heterocycles. The first-order valence-electron chi connectivity index (χ1n) is 13.0. The lowest BCUT2D eigenvalue weighted by Gasteiger charge is -2.25. The molecule has 0 aliphatic rings. The molecule has 42 heavy (non-hydrogen) atoms. The number of likely N-dealkylation sites (N-methyl/N-ethyl adjacent to an activating group) is 1. The molecule has 1 atom stereocenters. The van der Waals surface area contributed by atoms with Crippen LogP contribution in [0, 0.1) is 0 Å². The van der Waals surface area contributed by atoms with Gasteiger partial charge in [0, 0.05) is 24.0 Å². The van der Waals surface area contributed by atoms with Crippen LogP contribution >= 0.6 is 11.3 Å². The van der Waals surface area contributed by atoms with Crippen LogP contribution in [0.1, 0.15) is 15.9 Å². The topological polar surface area (TPSA) is 118 Å². The Bertz CT molecular complexity index is 1820. The quantitative estimate of drug-likeness (QED) is 0.230. The normalized spacial score (nSPS) is 12.0. The average molecular weight is 601 g/mol. The van der Waals surface area contributed by atoms with Crippen LogP contribution in [-0.2, 0) is 21.2 Å². The Balaban J connectivity index is 1.38. The molecule has 0 aliphatic carbocycles. The SMILES string of the molecule is COc1ccc(N(C)C(=O)[C@H](Cc2ccccc2)NS(=O)(=O)c2cccc(C(=O)Nc3ccc4ncsc4c3)c2)cc1. The van der Waals surface area contributed by atoms with Crippen molar-refractivity contribution < 1.29 is 22.7 Å². The highest BCUT2D eigenvalue weighted by molar-refractivity contribution is 7.89. The summed E-state index contributed by atoms with van der Waals surface area (Å²) in [4.78, 5) is 32.2. The number of methoxy groups -OCH3 is 1. The number of aromatic nitrogens is 1. The van der Waals surface area contributed by atoms with Crippen molar-refractivity contribution in [1.29, 1.82) is 0 Å². The van der Waals surface area contributed by atoms with Crippen molar-refractivity contribution in [3.05, 3.63) is 114 Å². The van der Waals surface area contributed by atoms with Gasteiger partial charge in [-0.1, -0.05) is 36.4 Å². The molecule has 0 radical (unpaired) electrons. The van der Waals surface area contributed by atoms with Gasteiger partial charge in [0.25, 0.3) is 5.91 Å². The second-order valence-electron chi connectivity index (χ2n) is 9.48. The minimum absolute atomic E-state index is 0.125. The van der Waals surface area contributed by atoms with E-state index in [1.54, 1.807) is 56.1 Å². The van der Waals surface area contributed by atoms with Gasteiger partial charge in [0.05, 0.1) is 27.7 Å². The Hall–Kier alpha value is -4.58. The van der Waals surface area contributed by atoms with Crippen LogP contribution in [0.2, 0.25) is 0 Å². The summed E-state index contributed by atoms with van der Waals surface area (Å²) in [6, 6.07) is 26.0. The Kier molecular flexibility index (Phi) is 8.62. The highest BCUT2D eigenvalue weighted by Gasteiger charge is 2.29. The first-order chi connectivity index (χ1) is 20.2. The number of nitrogens with one attached hydrogen (secondary N) is 2. The lowest BCUT2D eigenvalue weighted by atomic mass is 10.1. The van der Waals surface area contributed by atoms with E-state index in [2.05, 4.69) is 15.0 Å². The van der Waals surface area contributed by atoms with Crippen molar-refractivity contribution in [3.63, 3.8) is 0 Å². The number of nitrogens with zero attached hydrogens (tertiary/aromatic N) is 2. The van der Waals surface area contributed by atoms with E-state index in [1.807, 2.05) is 36.4 Å². The summed E-state index contributed by atoms with van der Waals surface area (Å²) >= 11 is 1.45. The number of carbonyl (C=O) groups excluding carboxylic acids is 2. The van der Waals surface area contributed by atoms with Crippen LogP contribution in [-0.4, -0.2) is 45.4 Å². The monoisotopic (exact) mass is 600 g/mol.